The number of fused-ring (bicyclic) bond motifs is 3. The number of hydrogen-bond donors (Lipinski definition) is 0. The SMILES string of the molecule is CN(C)C(=O)[C@H](CSCC(=O)OC(c1ccccc1)(c1ccc(C2CCCCCCCCCCCCCC2)cc1)c1ccccc1Cl)N(C)C(=O)OCC1c2ccccc2-c2ccccc21. The number of hydrogen-bond acceptors (Lipinski definition) is 6. The molecule has 66 heavy (non-hydrogen) atoms. The molecule has 1 fully saturated rings. The van der Waals surface area contributed by atoms with Crippen LogP contribution in [0.1, 0.15) is 135 Å². The van der Waals surface area contributed by atoms with Crippen molar-refractivity contribution in [2.75, 3.05) is 39.3 Å². The molecule has 5 aromatic rings. The lowest BCUT2D eigenvalue weighted by Gasteiger charge is -2.36. The maximum atomic E-state index is 14.4. The first-order chi connectivity index (χ1) is 32.2. The highest BCUT2D eigenvalue weighted by Crippen LogP contribution is 2.46. The van der Waals surface area contributed by atoms with Gasteiger partial charge in [-0.25, -0.2) is 4.79 Å². The van der Waals surface area contributed by atoms with Crippen molar-refractivity contribution in [3.8, 4) is 11.1 Å². The van der Waals surface area contributed by atoms with E-state index in [1.807, 2.05) is 78.9 Å². The van der Waals surface area contributed by atoms with Crippen LogP contribution < -0.4 is 0 Å². The van der Waals surface area contributed by atoms with Crippen LogP contribution in [0.25, 0.3) is 11.1 Å². The highest BCUT2D eigenvalue weighted by Gasteiger charge is 2.42. The normalized spacial score (nSPS) is 16.6. The molecule has 9 heteroatoms. The standard InChI is InChI=1S/C57H67ClN2O5S/c1-59(2)55(62)53(60(3)56(63)64-39-50-48-31-21-19-29-46(48)47-30-20-22-32-49(47)50)40-66-41-54(61)65-57(44-27-17-14-18-28-44,51-33-23-24-34-52(51)58)45-37-35-43(36-38-45)42-25-15-12-10-8-6-4-5-7-9-11-13-16-26-42/h14,17-24,27-38,42,50,53H,4-13,15-16,25-26,39-41H2,1-3H3/t53-,57?/m0/s1. The van der Waals surface area contributed by atoms with Crippen LogP contribution in [-0.4, -0.2) is 73.1 Å². The fourth-order valence-corrected chi connectivity index (χ4v) is 11.2. The lowest BCUT2D eigenvalue weighted by molar-refractivity contribution is -0.150. The van der Waals surface area contributed by atoms with E-state index in [-0.39, 0.29) is 29.9 Å². The average Bonchev–Trinajstić information content (AvgIpc) is 3.65. The summed E-state index contributed by atoms with van der Waals surface area (Å²) in [5.74, 6) is -0.328. The molecule has 7 rings (SSSR count). The molecular formula is C57H67ClN2O5S. The number of likely N-dealkylation sites (N-methyl/N-ethyl adjacent to an activating group) is 2. The molecular weight excluding hydrogens is 860 g/mol. The predicted octanol–water partition coefficient (Wildman–Crippen LogP) is 13.8. The number of nitrogens with zero attached hydrogens (tertiary/aromatic N) is 2. The van der Waals surface area contributed by atoms with Crippen molar-refractivity contribution in [2.24, 2.45) is 0 Å². The highest BCUT2D eigenvalue weighted by atomic mass is 35.5. The summed E-state index contributed by atoms with van der Waals surface area (Å²) in [5.41, 5.74) is 6.68. The fourth-order valence-electron chi connectivity index (χ4n) is 10.0. The Balaban J connectivity index is 1.08. The van der Waals surface area contributed by atoms with Crippen LogP contribution in [0, 0.1) is 0 Å². The third-order valence-electron chi connectivity index (χ3n) is 13.7. The molecule has 2 aliphatic carbocycles. The number of halogens is 1. The fraction of sp³-hybridized carbons (Fsp3) is 0.421. The first-order valence-electron chi connectivity index (χ1n) is 24.2. The highest BCUT2D eigenvalue weighted by molar-refractivity contribution is 8.00. The molecule has 1 unspecified atom stereocenters. The maximum absolute atomic E-state index is 14.4. The van der Waals surface area contributed by atoms with Crippen LogP contribution in [0.5, 0.6) is 0 Å². The van der Waals surface area contributed by atoms with E-state index in [2.05, 4.69) is 48.5 Å². The molecule has 0 spiro atoms. The monoisotopic (exact) mass is 926 g/mol. The number of amides is 2. The minimum atomic E-state index is -1.37. The van der Waals surface area contributed by atoms with Gasteiger partial charge < -0.3 is 14.4 Å². The zero-order chi connectivity index (χ0) is 46.3. The summed E-state index contributed by atoms with van der Waals surface area (Å²) < 4.78 is 12.8. The summed E-state index contributed by atoms with van der Waals surface area (Å²) in [7, 11) is 4.90. The Bertz CT molecular complexity index is 2290. The van der Waals surface area contributed by atoms with Crippen LogP contribution in [0.4, 0.5) is 4.79 Å². The van der Waals surface area contributed by atoms with E-state index in [4.69, 9.17) is 21.1 Å². The van der Waals surface area contributed by atoms with E-state index in [9.17, 15) is 14.4 Å². The first-order valence-corrected chi connectivity index (χ1v) is 25.7. The van der Waals surface area contributed by atoms with Gasteiger partial charge in [-0.1, -0.05) is 210 Å². The average molecular weight is 928 g/mol. The van der Waals surface area contributed by atoms with E-state index in [0.717, 1.165) is 33.4 Å². The molecule has 0 bridgehead atoms. The van der Waals surface area contributed by atoms with Gasteiger partial charge in [0, 0.05) is 54.5 Å². The minimum absolute atomic E-state index is 0.0745. The third-order valence-corrected chi connectivity index (χ3v) is 15.0. The van der Waals surface area contributed by atoms with E-state index >= 15 is 0 Å². The molecule has 0 N–H and O–H groups in total. The maximum Gasteiger partial charge on any atom is 0.410 e. The Morgan fingerprint density at radius 2 is 1.14 bits per heavy atom. The molecule has 0 aromatic heterocycles. The number of thioether (sulfide) groups is 1. The molecule has 1 saturated carbocycles. The molecule has 2 aliphatic rings. The summed E-state index contributed by atoms with van der Waals surface area (Å²) in [5, 5.41) is 0.481. The first kappa shape index (κ1) is 48.9. The van der Waals surface area contributed by atoms with Crippen LogP contribution in [-0.2, 0) is 24.7 Å². The van der Waals surface area contributed by atoms with Crippen molar-refractivity contribution in [1.82, 2.24) is 9.80 Å². The number of rotatable bonds is 13. The van der Waals surface area contributed by atoms with Crippen LogP contribution in [0.15, 0.2) is 127 Å². The molecule has 2 amide bonds. The van der Waals surface area contributed by atoms with Gasteiger partial charge in [0.15, 0.2) is 5.60 Å². The van der Waals surface area contributed by atoms with Crippen LogP contribution in [0.2, 0.25) is 5.02 Å². The number of carbonyl (C=O) groups is 3. The lowest BCUT2D eigenvalue weighted by Crippen LogP contribution is -2.49. The van der Waals surface area contributed by atoms with Gasteiger partial charge in [-0.3, -0.25) is 14.5 Å². The Morgan fingerprint density at radius 3 is 1.70 bits per heavy atom. The molecule has 0 radical (unpaired) electrons. The van der Waals surface area contributed by atoms with Crippen LogP contribution >= 0.6 is 23.4 Å². The topological polar surface area (TPSA) is 76.2 Å². The van der Waals surface area contributed by atoms with Gasteiger partial charge in [0.2, 0.25) is 5.91 Å². The van der Waals surface area contributed by atoms with Gasteiger partial charge in [-0.2, -0.15) is 0 Å². The summed E-state index contributed by atoms with van der Waals surface area (Å²) in [6, 6.07) is 41.6. The largest absolute Gasteiger partial charge is 0.448 e. The van der Waals surface area contributed by atoms with Gasteiger partial charge in [-0.05, 0) is 52.6 Å². The Kier molecular flexibility index (Phi) is 17.9. The Morgan fingerprint density at radius 1 is 0.636 bits per heavy atom. The second kappa shape index (κ2) is 24.1. The van der Waals surface area contributed by atoms with Crippen molar-refractivity contribution in [3.05, 3.63) is 166 Å². The van der Waals surface area contributed by atoms with Crippen molar-refractivity contribution < 1.29 is 23.9 Å². The zero-order valence-corrected chi connectivity index (χ0v) is 40.7. The molecule has 7 nitrogen and oxygen atoms in total. The second-order valence-corrected chi connectivity index (χ2v) is 19.8. The predicted molar refractivity (Wildman–Crippen MR) is 270 cm³/mol. The van der Waals surface area contributed by atoms with Gasteiger partial charge in [0.05, 0.1) is 5.75 Å². The van der Waals surface area contributed by atoms with Gasteiger partial charge >= 0.3 is 12.1 Å². The smallest absolute Gasteiger partial charge is 0.410 e. The minimum Gasteiger partial charge on any atom is -0.448 e. The molecule has 2 atom stereocenters. The van der Waals surface area contributed by atoms with Gasteiger partial charge in [-0.15, -0.1) is 11.8 Å². The van der Waals surface area contributed by atoms with Crippen molar-refractivity contribution in [3.63, 3.8) is 0 Å². The van der Waals surface area contributed by atoms with E-state index in [0.29, 0.717) is 16.5 Å². The number of esters is 1. The number of ether oxygens (including phenoxy) is 2. The third kappa shape index (κ3) is 11.9. The van der Waals surface area contributed by atoms with Crippen molar-refractivity contribution >= 4 is 41.3 Å². The second-order valence-electron chi connectivity index (χ2n) is 18.3. The Hall–Kier alpha value is -5.05. The molecule has 0 aliphatic heterocycles. The summed E-state index contributed by atoms with van der Waals surface area (Å²) in [4.78, 5) is 44.6. The zero-order valence-electron chi connectivity index (χ0n) is 39.1. The van der Waals surface area contributed by atoms with E-state index < -0.39 is 23.7 Å². The Labute approximate surface area is 402 Å². The molecule has 0 heterocycles. The summed E-state index contributed by atoms with van der Waals surface area (Å²) in [6.45, 7) is 0.130. The van der Waals surface area contributed by atoms with E-state index in [1.54, 1.807) is 21.1 Å². The quantitative estimate of drug-likeness (QED) is 0.0865. The summed E-state index contributed by atoms with van der Waals surface area (Å²) in [6.07, 6.45) is 17.6. The molecule has 348 valence electrons. The van der Waals surface area contributed by atoms with Crippen molar-refractivity contribution in [1.29, 1.82) is 0 Å². The number of benzene rings is 5. The number of carbonyl (C=O) groups excluding carboxylic acids is 3. The van der Waals surface area contributed by atoms with Crippen molar-refractivity contribution in [2.45, 2.75) is 113 Å². The molecule has 5 aromatic carbocycles. The van der Waals surface area contributed by atoms with Crippen LogP contribution in [0.3, 0.4) is 0 Å². The van der Waals surface area contributed by atoms with Gasteiger partial charge in [0.25, 0.3) is 0 Å². The lowest BCUT2D eigenvalue weighted by atomic mass is 9.78. The molecule has 0 saturated heterocycles. The van der Waals surface area contributed by atoms with Gasteiger partial charge in [0.1, 0.15) is 12.6 Å². The van der Waals surface area contributed by atoms with E-state index in [1.165, 1.54) is 117 Å². The summed E-state index contributed by atoms with van der Waals surface area (Å²) >= 11 is 8.31.